The van der Waals surface area contributed by atoms with Gasteiger partial charge >= 0.3 is 5.97 Å². The minimum atomic E-state index is -1.36. The van der Waals surface area contributed by atoms with Gasteiger partial charge in [0.1, 0.15) is 12.1 Å². The number of rotatable bonds is 20. The molecule has 1 fully saturated rings. The Kier molecular flexibility index (Phi) is 41.7. The maximum absolute atomic E-state index is 12.2. The Morgan fingerprint density at radius 2 is 1.26 bits per heavy atom. The third-order valence-electron chi connectivity index (χ3n) is 7.72. The summed E-state index contributed by atoms with van der Waals surface area (Å²) in [5, 5.41) is 34.4. The molecule has 1 saturated heterocycles. The number of aliphatic hydroxyl groups excluding tert-OH is 1. The quantitative estimate of drug-likeness (QED) is 0.0781. The first-order chi connectivity index (χ1) is 28.8. The normalized spacial score (nSPS) is 13.5. The molecule has 3 atom stereocenters. The summed E-state index contributed by atoms with van der Waals surface area (Å²) in [6.07, 6.45) is 1.63. The lowest BCUT2D eigenvalue weighted by atomic mass is 9.88. The molecule has 1 rings (SSSR count). The number of nitrogens with one attached hydrogen (secondary N) is 7. The number of hydrogen-bond donors (Lipinski definition) is 9. The first-order valence-corrected chi connectivity index (χ1v) is 21.4. The van der Waals surface area contributed by atoms with E-state index < -0.39 is 77.8 Å². The van der Waals surface area contributed by atoms with Gasteiger partial charge in [0.15, 0.2) is 0 Å². The van der Waals surface area contributed by atoms with E-state index in [0.29, 0.717) is 51.8 Å². The number of carboxylic acids is 1. The second-order valence-corrected chi connectivity index (χ2v) is 15.1. The molecule has 20 heteroatoms. The van der Waals surface area contributed by atoms with Crippen LogP contribution in [0, 0.1) is 11.3 Å². The van der Waals surface area contributed by atoms with Crippen molar-refractivity contribution >= 4 is 53.7 Å². The summed E-state index contributed by atoms with van der Waals surface area (Å²) in [6, 6.07) is -2.00. The summed E-state index contributed by atoms with van der Waals surface area (Å²) in [6.45, 7) is 27.2. The fourth-order valence-corrected chi connectivity index (χ4v) is 4.34. The number of amides is 8. The van der Waals surface area contributed by atoms with Crippen LogP contribution in [0.5, 0.6) is 0 Å². The highest BCUT2D eigenvalue weighted by atomic mass is 16.5. The zero-order valence-electron chi connectivity index (χ0n) is 40.6. The van der Waals surface area contributed by atoms with Crippen LogP contribution in [0.3, 0.4) is 0 Å². The molecule has 364 valence electrons. The van der Waals surface area contributed by atoms with Crippen molar-refractivity contribution in [2.24, 2.45) is 11.3 Å². The van der Waals surface area contributed by atoms with E-state index in [1.165, 1.54) is 18.9 Å². The predicted molar refractivity (Wildman–Crippen MR) is 239 cm³/mol. The number of aliphatic carboxylic acids is 1. The van der Waals surface area contributed by atoms with E-state index in [1.807, 2.05) is 62.3 Å². The van der Waals surface area contributed by atoms with Crippen molar-refractivity contribution < 1.29 is 58.1 Å². The molecule has 0 aromatic heterocycles. The molecule has 20 nitrogen and oxygen atoms in total. The van der Waals surface area contributed by atoms with Crippen LogP contribution in [0.25, 0.3) is 0 Å². The van der Waals surface area contributed by atoms with E-state index in [4.69, 9.17) is 9.84 Å². The first kappa shape index (κ1) is 66.3. The van der Waals surface area contributed by atoms with Gasteiger partial charge in [-0.05, 0) is 52.9 Å². The predicted octanol–water partition coefficient (Wildman–Crippen LogP) is 1.23. The lowest BCUT2D eigenvalue weighted by molar-refractivity contribution is -0.136. The molecule has 0 bridgehead atoms. The summed E-state index contributed by atoms with van der Waals surface area (Å²) >= 11 is 0. The second-order valence-electron chi connectivity index (χ2n) is 15.1. The molecule has 3 unspecified atom stereocenters. The summed E-state index contributed by atoms with van der Waals surface area (Å²) in [4.78, 5) is 104. The lowest BCUT2D eigenvalue weighted by Crippen LogP contribution is -2.56. The van der Waals surface area contributed by atoms with E-state index in [9.17, 15) is 48.3 Å². The maximum Gasteiger partial charge on any atom is 0.303 e. The monoisotopic (exact) mass is 893 g/mol. The summed E-state index contributed by atoms with van der Waals surface area (Å²) < 4.78 is 5.73. The van der Waals surface area contributed by atoms with Gasteiger partial charge in [-0.3, -0.25) is 43.2 Å². The van der Waals surface area contributed by atoms with Crippen LogP contribution < -0.4 is 37.2 Å². The van der Waals surface area contributed by atoms with Gasteiger partial charge in [0, 0.05) is 45.6 Å². The molecule has 1 aliphatic rings. The Morgan fingerprint density at radius 3 is 1.69 bits per heavy atom. The average Bonchev–Trinajstić information content (AvgIpc) is 3.70. The van der Waals surface area contributed by atoms with Gasteiger partial charge in [0.2, 0.25) is 47.8 Å². The van der Waals surface area contributed by atoms with Crippen molar-refractivity contribution in [3.05, 3.63) is 0 Å². The van der Waals surface area contributed by atoms with Crippen LogP contribution >= 0.6 is 0 Å². The van der Waals surface area contributed by atoms with E-state index in [0.717, 1.165) is 5.92 Å². The number of nitrogens with zero attached hydrogens (tertiary/aromatic N) is 1. The molecule has 0 aromatic rings. The van der Waals surface area contributed by atoms with Crippen LogP contribution in [0.4, 0.5) is 0 Å². The molecular formula is C42H84N8O12. The van der Waals surface area contributed by atoms with E-state index in [-0.39, 0.29) is 24.8 Å². The number of ether oxygens (including phenoxy) is 1. The van der Waals surface area contributed by atoms with Crippen LogP contribution in [0.1, 0.15) is 129 Å². The maximum atomic E-state index is 12.2. The SMILES string of the molecule is CC.CC.CC(C)C.CCC(=O)O.CCNC(=O)C(C)(C)CCOC(C)(C)CC(=O)NC.CNC(=O)CNC(=O)CNC(=O)C(NC(=O)CNC(=O)C1CCCN1C=O)C(C)O. The third kappa shape index (κ3) is 37.0. The highest BCUT2D eigenvalue weighted by Crippen LogP contribution is 2.23. The minimum absolute atomic E-state index is 0.0303. The molecule has 0 radical (unpaired) electrons. The summed E-state index contributed by atoms with van der Waals surface area (Å²) in [5.74, 6) is -3.01. The molecule has 0 spiro atoms. The largest absolute Gasteiger partial charge is 0.481 e. The van der Waals surface area contributed by atoms with E-state index >= 15 is 0 Å². The van der Waals surface area contributed by atoms with Gasteiger partial charge < -0.3 is 57.1 Å². The third-order valence-corrected chi connectivity index (χ3v) is 7.72. The Labute approximate surface area is 370 Å². The summed E-state index contributed by atoms with van der Waals surface area (Å²) in [7, 11) is 3.01. The Bertz CT molecular complexity index is 1310. The van der Waals surface area contributed by atoms with Crippen molar-refractivity contribution in [2.45, 2.75) is 153 Å². The molecule has 1 aliphatic heterocycles. The first-order valence-electron chi connectivity index (χ1n) is 21.4. The Morgan fingerprint density at radius 1 is 0.774 bits per heavy atom. The highest BCUT2D eigenvalue weighted by Gasteiger charge is 2.31. The zero-order chi connectivity index (χ0) is 49.6. The van der Waals surface area contributed by atoms with E-state index in [1.54, 1.807) is 14.0 Å². The van der Waals surface area contributed by atoms with Gasteiger partial charge in [-0.1, -0.05) is 69.2 Å². The Hall–Kier alpha value is -4.85. The fourth-order valence-electron chi connectivity index (χ4n) is 4.34. The number of carbonyl (C=O) groups excluding carboxylic acids is 8. The minimum Gasteiger partial charge on any atom is -0.481 e. The van der Waals surface area contributed by atoms with Crippen molar-refractivity contribution in [3.63, 3.8) is 0 Å². The molecule has 8 amide bonds. The van der Waals surface area contributed by atoms with E-state index in [2.05, 4.69) is 58.0 Å². The van der Waals surface area contributed by atoms with Crippen molar-refractivity contribution in [2.75, 3.05) is 53.4 Å². The summed E-state index contributed by atoms with van der Waals surface area (Å²) in [5.41, 5.74) is -0.976. The standard InChI is InChI=1S/C17H28N6O7.C14H28N2O3.C4H10.C3H6O2.2C2H6/c1-10(25)15(17(30)21-7-13(27)19-6-12(26)18-2)22-14(28)8-20-16(29)11-4-3-5-23(11)9-24;1-7-16-12(18)13(2,3)8-9-19-14(4,5)10-11(17)15-6;1-4(2)3;1-2-3(4)5;2*1-2/h9-11,15,25H,3-8H2,1-2H3,(H,18,26)(H,19,27)(H,20,29)(H,21,30)(H,22,28);7-10H2,1-6H3,(H,15,17)(H,16,18);4H,1-3H3;2H2,1H3,(H,4,5);2*1-2H3. The van der Waals surface area contributed by atoms with Crippen molar-refractivity contribution in [3.8, 4) is 0 Å². The lowest BCUT2D eigenvalue weighted by Gasteiger charge is -2.28. The number of likely N-dealkylation sites (N-methyl/N-ethyl adjacent to an activating group) is 1. The van der Waals surface area contributed by atoms with Crippen LogP contribution in [0.15, 0.2) is 0 Å². The van der Waals surface area contributed by atoms with Gasteiger partial charge in [0.25, 0.3) is 0 Å². The number of aliphatic hydroxyl groups is 1. The smallest absolute Gasteiger partial charge is 0.303 e. The topological polar surface area (TPSA) is 291 Å². The van der Waals surface area contributed by atoms with Gasteiger partial charge in [-0.15, -0.1) is 0 Å². The number of carbonyl (C=O) groups is 9. The highest BCUT2D eigenvalue weighted by molar-refractivity contribution is 5.93. The molecule has 1 heterocycles. The van der Waals surface area contributed by atoms with Gasteiger partial charge in [-0.25, -0.2) is 0 Å². The molecular weight excluding hydrogens is 809 g/mol. The zero-order valence-corrected chi connectivity index (χ0v) is 40.6. The molecule has 0 saturated carbocycles. The molecule has 0 aliphatic carbocycles. The van der Waals surface area contributed by atoms with Crippen molar-refractivity contribution in [1.29, 1.82) is 0 Å². The van der Waals surface area contributed by atoms with Gasteiger partial charge in [-0.2, -0.15) is 0 Å². The number of carboxylic acid groups (broad SMARTS) is 1. The number of hydrogen-bond acceptors (Lipinski definition) is 11. The number of likely N-dealkylation sites (tertiary alicyclic amines) is 1. The second kappa shape index (κ2) is 39.0. The molecule has 62 heavy (non-hydrogen) atoms. The molecule has 9 N–H and O–H groups in total. The Balaban J connectivity index is -0.000000287. The van der Waals surface area contributed by atoms with Gasteiger partial charge in [0.05, 0.1) is 37.8 Å². The van der Waals surface area contributed by atoms with Crippen molar-refractivity contribution in [1.82, 2.24) is 42.1 Å². The van der Waals surface area contributed by atoms with Crippen LogP contribution in [0.2, 0.25) is 0 Å². The van der Waals surface area contributed by atoms with Crippen LogP contribution in [-0.2, 0) is 47.9 Å². The average molecular weight is 893 g/mol. The van der Waals surface area contributed by atoms with Crippen LogP contribution in [-0.4, -0.2) is 146 Å². The fraction of sp³-hybridized carbons (Fsp3) is 0.786. The molecule has 0 aromatic carbocycles.